The van der Waals surface area contributed by atoms with E-state index in [-0.39, 0.29) is 16.2 Å². The van der Waals surface area contributed by atoms with Crippen LogP contribution >= 0.6 is 11.3 Å². The molecule has 2 aromatic carbocycles. The van der Waals surface area contributed by atoms with Gasteiger partial charge in [0.05, 0.1) is 22.1 Å². The molecule has 156 valence electrons. The molecule has 4 aromatic rings. The van der Waals surface area contributed by atoms with Crippen molar-refractivity contribution < 1.29 is 14.6 Å². The lowest BCUT2D eigenvalue weighted by molar-refractivity contribution is -0.339. The Bertz CT molecular complexity index is 1430. The molecule has 0 atom stereocenters. The molecule has 1 N–H and O–H groups in total. The van der Waals surface area contributed by atoms with Crippen molar-refractivity contribution >= 4 is 33.4 Å². The van der Waals surface area contributed by atoms with Gasteiger partial charge in [0.2, 0.25) is 0 Å². The number of rotatable bonds is 5. The first-order valence-electron chi connectivity index (χ1n) is 9.36. The summed E-state index contributed by atoms with van der Waals surface area (Å²) in [5, 5.41) is 12.8. The molecular formula is C23H17N2O5S-. The Morgan fingerprint density at radius 2 is 1.77 bits per heavy atom. The van der Waals surface area contributed by atoms with Gasteiger partial charge in [-0.25, -0.2) is 9.36 Å². The van der Waals surface area contributed by atoms with Gasteiger partial charge in [0.15, 0.2) is 5.78 Å². The highest BCUT2D eigenvalue weighted by Crippen LogP contribution is 2.34. The number of Topliss-reactive ketones (excluding diaryl/α,β-unsaturated/α-hetero) is 1. The van der Waals surface area contributed by atoms with Gasteiger partial charge in [-0.3, -0.25) is 14.6 Å². The van der Waals surface area contributed by atoms with Crippen LogP contribution in [0.5, 0.6) is 5.06 Å². The molecule has 0 unspecified atom stereocenters. The highest BCUT2D eigenvalue weighted by Gasteiger charge is 2.16. The van der Waals surface area contributed by atoms with Crippen LogP contribution < -0.4 is 21.1 Å². The predicted molar refractivity (Wildman–Crippen MR) is 118 cm³/mol. The lowest BCUT2D eigenvalue weighted by Crippen LogP contribution is -2.33. The maximum Gasteiger partial charge on any atom is 0.334 e. The molecule has 2 aromatic heterocycles. The van der Waals surface area contributed by atoms with Crippen molar-refractivity contribution in [2.75, 3.05) is 0 Å². The summed E-state index contributed by atoms with van der Waals surface area (Å²) in [5.41, 5.74) is 0.811. The zero-order chi connectivity index (χ0) is 22.1. The maximum atomic E-state index is 13.1. The van der Waals surface area contributed by atoms with Crippen molar-refractivity contribution in [1.29, 1.82) is 0 Å². The molecule has 31 heavy (non-hydrogen) atoms. The Morgan fingerprint density at radius 1 is 1.10 bits per heavy atom. The molecule has 0 spiro atoms. The number of hydrogen-bond donors (Lipinski definition) is 1. The summed E-state index contributed by atoms with van der Waals surface area (Å²) in [4.78, 5) is 40.2. The van der Waals surface area contributed by atoms with Gasteiger partial charge in [0.1, 0.15) is 4.83 Å². The van der Waals surface area contributed by atoms with Crippen LogP contribution in [-0.4, -0.2) is 15.3 Å². The summed E-state index contributed by atoms with van der Waals surface area (Å²) in [6, 6.07) is 15.2. The minimum Gasteiger partial charge on any atom is -0.570 e. The molecule has 0 bridgehead atoms. The first-order chi connectivity index (χ1) is 14.8. The van der Waals surface area contributed by atoms with Crippen molar-refractivity contribution in [2.45, 2.75) is 13.8 Å². The molecule has 0 amide bonds. The number of nitrogens with zero attached hydrogens (tertiary/aromatic N) is 1. The number of carbonyl (C=O) groups excluding carboxylic acids is 1. The van der Waals surface area contributed by atoms with E-state index in [1.807, 2.05) is 6.07 Å². The number of aromatic nitrogens is 2. The summed E-state index contributed by atoms with van der Waals surface area (Å²) in [7, 11) is 0. The van der Waals surface area contributed by atoms with Crippen molar-refractivity contribution in [3.05, 3.63) is 98.1 Å². The number of hydrogen-bond acceptors (Lipinski definition) is 6. The fourth-order valence-electron chi connectivity index (χ4n) is 3.18. The van der Waals surface area contributed by atoms with E-state index in [1.54, 1.807) is 43.3 Å². The number of fused-ring (bicyclic) bond motifs is 1. The molecule has 4 rings (SSSR count). The lowest BCUT2D eigenvalue weighted by Gasteiger charge is -2.14. The summed E-state index contributed by atoms with van der Waals surface area (Å²) in [6.45, 7) is 3.10. The van der Waals surface area contributed by atoms with E-state index in [2.05, 4.69) is 4.98 Å². The van der Waals surface area contributed by atoms with Crippen LogP contribution in [0.15, 0.2) is 70.1 Å². The van der Waals surface area contributed by atoms with Crippen LogP contribution in [0.1, 0.15) is 28.4 Å². The zero-order valence-electron chi connectivity index (χ0n) is 16.7. The number of ketones is 1. The first-order valence-corrected chi connectivity index (χ1v) is 10.2. The Hall–Kier alpha value is -3.91. The Balaban J connectivity index is 1.77. The smallest absolute Gasteiger partial charge is 0.334 e. The van der Waals surface area contributed by atoms with E-state index < -0.39 is 17.2 Å². The Labute approximate surface area is 180 Å². The minimum absolute atomic E-state index is 0.115. The van der Waals surface area contributed by atoms with Crippen LogP contribution in [0.25, 0.3) is 22.0 Å². The average molecular weight is 433 g/mol. The zero-order valence-corrected chi connectivity index (χ0v) is 17.5. The van der Waals surface area contributed by atoms with Crippen molar-refractivity contribution in [2.24, 2.45) is 0 Å². The standard InChI is InChI=1S/C23H18N2O5S/c1-13-19-20(31-22(13)30-18(27)12-15-6-4-3-5-7-15)24-23(29)25(21(19)28)17-10-8-16(9-11-17)14(2)26/h3-12,27H,1-2H3,(H,24,29)/p-1/b18-12+. The third-order valence-electron chi connectivity index (χ3n) is 4.75. The van der Waals surface area contributed by atoms with Crippen LogP contribution in [0, 0.1) is 6.92 Å². The van der Waals surface area contributed by atoms with Gasteiger partial charge in [-0.15, -0.1) is 11.3 Å². The number of benzene rings is 2. The van der Waals surface area contributed by atoms with Crippen LogP contribution in [0.3, 0.4) is 0 Å². The molecule has 0 fully saturated rings. The van der Waals surface area contributed by atoms with E-state index in [0.29, 0.717) is 27.2 Å². The number of aromatic amines is 1. The fourth-order valence-corrected chi connectivity index (χ4v) is 4.22. The number of aryl methyl sites for hydroxylation is 1. The van der Waals surface area contributed by atoms with Crippen LogP contribution in [0.4, 0.5) is 0 Å². The highest BCUT2D eigenvalue weighted by molar-refractivity contribution is 7.20. The van der Waals surface area contributed by atoms with Gasteiger partial charge in [0, 0.05) is 5.56 Å². The second kappa shape index (κ2) is 8.08. The molecule has 0 saturated carbocycles. The van der Waals surface area contributed by atoms with Crippen molar-refractivity contribution in [3.63, 3.8) is 0 Å². The average Bonchev–Trinajstić information content (AvgIpc) is 3.04. The SMILES string of the molecule is CC(=O)c1ccc(-n2c(=O)[nH]c3sc(O/C([O-])=C/c4ccccc4)c(C)c3c2=O)cc1. The fraction of sp³-hybridized carbons (Fsp3) is 0.0870. The molecule has 7 nitrogen and oxygen atoms in total. The Kier molecular flexibility index (Phi) is 5.31. The summed E-state index contributed by atoms with van der Waals surface area (Å²) in [6.07, 6.45) is 1.35. The second-order valence-electron chi connectivity index (χ2n) is 6.87. The van der Waals surface area contributed by atoms with Crippen LogP contribution in [-0.2, 0) is 0 Å². The quantitative estimate of drug-likeness (QED) is 0.385. The number of H-pyrrole nitrogens is 1. The molecule has 0 aliphatic carbocycles. The van der Waals surface area contributed by atoms with E-state index in [0.717, 1.165) is 15.9 Å². The van der Waals surface area contributed by atoms with Crippen molar-refractivity contribution in [1.82, 2.24) is 9.55 Å². The maximum absolute atomic E-state index is 13.1. The highest BCUT2D eigenvalue weighted by atomic mass is 32.1. The molecule has 0 radical (unpaired) electrons. The summed E-state index contributed by atoms with van der Waals surface area (Å²) < 4.78 is 6.43. The van der Waals surface area contributed by atoms with Gasteiger partial charge in [-0.05, 0) is 55.3 Å². The molecule has 8 heteroatoms. The summed E-state index contributed by atoms with van der Waals surface area (Å²) >= 11 is 1.02. The predicted octanol–water partition coefficient (Wildman–Crippen LogP) is 2.99. The van der Waals surface area contributed by atoms with Gasteiger partial charge < -0.3 is 9.84 Å². The van der Waals surface area contributed by atoms with Crippen molar-refractivity contribution in [3.8, 4) is 10.8 Å². The monoisotopic (exact) mass is 433 g/mol. The lowest BCUT2D eigenvalue weighted by atomic mass is 10.1. The number of ether oxygens (including phenoxy) is 1. The van der Waals surface area contributed by atoms with Gasteiger partial charge in [0.25, 0.3) is 5.56 Å². The van der Waals surface area contributed by atoms with E-state index in [4.69, 9.17) is 4.74 Å². The van der Waals surface area contributed by atoms with Gasteiger partial charge in [-0.1, -0.05) is 30.3 Å². The first kappa shape index (κ1) is 20.4. The molecule has 0 aliphatic rings. The summed E-state index contributed by atoms with van der Waals surface area (Å²) in [5.74, 6) is -0.695. The van der Waals surface area contributed by atoms with Crippen LogP contribution in [0.2, 0.25) is 0 Å². The third-order valence-corrected chi connectivity index (χ3v) is 5.84. The second-order valence-corrected chi connectivity index (χ2v) is 7.85. The number of nitrogens with one attached hydrogen (secondary N) is 1. The molecular weight excluding hydrogens is 416 g/mol. The number of thiophene rings is 1. The molecule has 0 saturated heterocycles. The largest absolute Gasteiger partial charge is 0.570 e. The Morgan fingerprint density at radius 3 is 2.42 bits per heavy atom. The third kappa shape index (κ3) is 3.93. The normalized spacial score (nSPS) is 11.6. The van der Waals surface area contributed by atoms with Gasteiger partial charge >= 0.3 is 5.69 Å². The van der Waals surface area contributed by atoms with E-state index in [1.165, 1.54) is 25.1 Å². The van der Waals surface area contributed by atoms with Gasteiger partial charge in [-0.2, -0.15) is 0 Å². The minimum atomic E-state index is -0.622. The van der Waals surface area contributed by atoms with E-state index in [9.17, 15) is 19.5 Å². The number of carbonyl (C=O) groups is 1. The topological polar surface area (TPSA) is 104 Å². The van der Waals surface area contributed by atoms with E-state index >= 15 is 0 Å². The molecule has 0 aliphatic heterocycles. The molecule has 2 heterocycles.